The van der Waals surface area contributed by atoms with E-state index in [4.69, 9.17) is 5.73 Å². The van der Waals surface area contributed by atoms with E-state index in [0.717, 1.165) is 17.5 Å². The zero-order valence-electron chi connectivity index (χ0n) is 15.7. The Kier molecular flexibility index (Phi) is 6.63. The van der Waals surface area contributed by atoms with E-state index in [1.54, 1.807) is 16.2 Å². The van der Waals surface area contributed by atoms with Crippen LogP contribution in [0.2, 0.25) is 0 Å². The fourth-order valence-corrected chi connectivity index (χ4v) is 4.09. The van der Waals surface area contributed by atoms with Crippen LogP contribution >= 0.6 is 11.3 Å². The SMILES string of the molecule is Cc1ccc(C(N)C(=O)N2CCC(C(=O)NCCc3cccs3)CC2)cc1. The summed E-state index contributed by atoms with van der Waals surface area (Å²) in [6, 6.07) is 11.2. The second kappa shape index (κ2) is 9.15. The molecular weight excluding hydrogens is 358 g/mol. The maximum Gasteiger partial charge on any atom is 0.244 e. The third kappa shape index (κ3) is 5.17. The summed E-state index contributed by atoms with van der Waals surface area (Å²) in [6.07, 6.45) is 2.25. The van der Waals surface area contributed by atoms with Gasteiger partial charge in [-0.3, -0.25) is 9.59 Å². The van der Waals surface area contributed by atoms with Gasteiger partial charge in [0.2, 0.25) is 11.8 Å². The maximum absolute atomic E-state index is 12.7. The largest absolute Gasteiger partial charge is 0.355 e. The highest BCUT2D eigenvalue weighted by molar-refractivity contribution is 7.09. The first kappa shape index (κ1) is 19.6. The Morgan fingerprint density at radius 1 is 1.22 bits per heavy atom. The van der Waals surface area contributed by atoms with E-state index in [1.165, 1.54) is 4.88 Å². The van der Waals surface area contributed by atoms with Crippen LogP contribution in [0.15, 0.2) is 41.8 Å². The molecule has 0 saturated carbocycles. The molecular formula is C21H27N3O2S. The van der Waals surface area contributed by atoms with Crippen molar-refractivity contribution in [2.75, 3.05) is 19.6 Å². The van der Waals surface area contributed by atoms with E-state index in [1.807, 2.05) is 42.6 Å². The van der Waals surface area contributed by atoms with Crippen molar-refractivity contribution < 1.29 is 9.59 Å². The summed E-state index contributed by atoms with van der Waals surface area (Å²) in [5.74, 6) is 0.0184. The second-order valence-corrected chi connectivity index (χ2v) is 8.14. The van der Waals surface area contributed by atoms with Gasteiger partial charge in [0, 0.05) is 30.4 Å². The van der Waals surface area contributed by atoms with Gasteiger partial charge in [-0.15, -0.1) is 11.3 Å². The monoisotopic (exact) mass is 385 g/mol. The molecule has 144 valence electrons. The summed E-state index contributed by atoms with van der Waals surface area (Å²) in [5.41, 5.74) is 8.13. The van der Waals surface area contributed by atoms with Crippen molar-refractivity contribution in [2.45, 2.75) is 32.2 Å². The predicted octanol–water partition coefficient (Wildman–Crippen LogP) is 2.65. The Labute approximate surface area is 164 Å². The molecule has 6 heteroatoms. The van der Waals surface area contributed by atoms with Gasteiger partial charge >= 0.3 is 0 Å². The lowest BCUT2D eigenvalue weighted by molar-refractivity contribution is -0.136. The Morgan fingerprint density at radius 2 is 1.93 bits per heavy atom. The van der Waals surface area contributed by atoms with Crippen LogP contribution in [0.1, 0.15) is 34.9 Å². The molecule has 2 amide bonds. The zero-order chi connectivity index (χ0) is 19.2. The van der Waals surface area contributed by atoms with Gasteiger partial charge in [-0.05, 0) is 43.2 Å². The van der Waals surface area contributed by atoms with Crippen LogP contribution in [-0.2, 0) is 16.0 Å². The van der Waals surface area contributed by atoms with Gasteiger partial charge in [0.05, 0.1) is 0 Å². The summed E-state index contributed by atoms with van der Waals surface area (Å²) < 4.78 is 0. The Hall–Kier alpha value is -2.18. The Morgan fingerprint density at radius 3 is 2.56 bits per heavy atom. The second-order valence-electron chi connectivity index (χ2n) is 7.11. The van der Waals surface area contributed by atoms with E-state index in [9.17, 15) is 9.59 Å². The Bertz CT molecular complexity index is 750. The van der Waals surface area contributed by atoms with Crippen molar-refractivity contribution in [3.63, 3.8) is 0 Å². The first-order chi connectivity index (χ1) is 13.0. The van der Waals surface area contributed by atoms with E-state index in [0.29, 0.717) is 32.5 Å². The van der Waals surface area contributed by atoms with Gasteiger partial charge in [-0.25, -0.2) is 0 Å². The third-order valence-electron chi connectivity index (χ3n) is 5.13. The number of thiophene rings is 1. The molecule has 0 aliphatic carbocycles. The molecule has 0 spiro atoms. The quantitative estimate of drug-likeness (QED) is 0.803. The molecule has 1 aromatic heterocycles. The minimum Gasteiger partial charge on any atom is -0.355 e. The van der Waals surface area contributed by atoms with E-state index < -0.39 is 6.04 Å². The van der Waals surface area contributed by atoms with Gasteiger partial charge in [-0.2, -0.15) is 0 Å². The molecule has 27 heavy (non-hydrogen) atoms. The van der Waals surface area contributed by atoms with Crippen LogP contribution in [0.25, 0.3) is 0 Å². The van der Waals surface area contributed by atoms with Gasteiger partial charge in [0.15, 0.2) is 0 Å². The number of piperidine rings is 1. The van der Waals surface area contributed by atoms with Crippen LogP contribution in [0.4, 0.5) is 0 Å². The minimum absolute atomic E-state index is 0.0204. The van der Waals surface area contributed by atoms with E-state index in [2.05, 4.69) is 11.4 Å². The van der Waals surface area contributed by atoms with Crippen LogP contribution in [0.5, 0.6) is 0 Å². The number of aryl methyl sites for hydroxylation is 1. The normalized spacial score (nSPS) is 16.1. The smallest absolute Gasteiger partial charge is 0.244 e. The number of rotatable bonds is 6. The number of nitrogens with one attached hydrogen (secondary N) is 1. The van der Waals surface area contributed by atoms with E-state index >= 15 is 0 Å². The first-order valence-corrected chi connectivity index (χ1v) is 10.3. The average Bonchev–Trinajstić information content (AvgIpc) is 3.21. The highest BCUT2D eigenvalue weighted by atomic mass is 32.1. The van der Waals surface area contributed by atoms with Crippen LogP contribution in [0.3, 0.4) is 0 Å². The number of carbonyl (C=O) groups is 2. The molecule has 3 rings (SSSR count). The van der Waals surface area contributed by atoms with Crippen molar-refractivity contribution in [1.29, 1.82) is 0 Å². The van der Waals surface area contributed by atoms with Crippen molar-refractivity contribution in [3.8, 4) is 0 Å². The summed E-state index contributed by atoms with van der Waals surface area (Å²) in [5, 5.41) is 5.08. The number of nitrogens with zero attached hydrogens (tertiary/aromatic N) is 1. The Balaban J connectivity index is 1.44. The lowest BCUT2D eigenvalue weighted by Crippen LogP contribution is -2.46. The zero-order valence-corrected chi connectivity index (χ0v) is 16.5. The lowest BCUT2D eigenvalue weighted by Gasteiger charge is -2.33. The third-order valence-corrected chi connectivity index (χ3v) is 6.07. The molecule has 1 aliphatic heterocycles. The number of amides is 2. The van der Waals surface area contributed by atoms with Crippen LogP contribution < -0.4 is 11.1 Å². The molecule has 1 aliphatic rings. The predicted molar refractivity (Wildman–Crippen MR) is 108 cm³/mol. The number of hydrogen-bond donors (Lipinski definition) is 2. The van der Waals surface area contributed by atoms with E-state index in [-0.39, 0.29) is 17.7 Å². The molecule has 3 N–H and O–H groups in total. The molecule has 1 saturated heterocycles. The topological polar surface area (TPSA) is 75.4 Å². The first-order valence-electron chi connectivity index (χ1n) is 9.45. The summed E-state index contributed by atoms with van der Waals surface area (Å²) >= 11 is 1.71. The number of likely N-dealkylation sites (tertiary alicyclic amines) is 1. The van der Waals surface area contributed by atoms with Crippen molar-refractivity contribution in [3.05, 3.63) is 57.8 Å². The van der Waals surface area contributed by atoms with Crippen molar-refractivity contribution in [1.82, 2.24) is 10.2 Å². The number of carbonyl (C=O) groups excluding carboxylic acids is 2. The average molecular weight is 386 g/mol. The fraction of sp³-hybridized carbons (Fsp3) is 0.429. The molecule has 5 nitrogen and oxygen atoms in total. The molecule has 1 fully saturated rings. The van der Waals surface area contributed by atoms with Crippen LogP contribution in [-0.4, -0.2) is 36.3 Å². The molecule has 2 aromatic rings. The summed E-state index contributed by atoms with van der Waals surface area (Å²) in [6.45, 7) is 3.84. The van der Waals surface area contributed by atoms with Crippen molar-refractivity contribution >= 4 is 23.2 Å². The molecule has 1 unspecified atom stereocenters. The summed E-state index contributed by atoms with van der Waals surface area (Å²) in [4.78, 5) is 28.1. The lowest BCUT2D eigenvalue weighted by atomic mass is 9.94. The minimum atomic E-state index is -0.637. The van der Waals surface area contributed by atoms with Gasteiger partial charge in [0.1, 0.15) is 6.04 Å². The number of benzene rings is 1. The standard InChI is InChI=1S/C21H27N3O2S/c1-15-4-6-16(7-5-15)19(22)21(26)24-12-9-17(10-13-24)20(25)23-11-8-18-3-2-14-27-18/h2-7,14,17,19H,8-13,22H2,1H3,(H,23,25). The fourth-order valence-electron chi connectivity index (χ4n) is 3.38. The van der Waals surface area contributed by atoms with Gasteiger partial charge in [0.25, 0.3) is 0 Å². The number of nitrogens with two attached hydrogens (primary N) is 1. The van der Waals surface area contributed by atoms with Crippen LogP contribution in [0, 0.1) is 12.8 Å². The maximum atomic E-state index is 12.7. The highest BCUT2D eigenvalue weighted by Gasteiger charge is 2.29. The summed E-state index contributed by atoms with van der Waals surface area (Å²) in [7, 11) is 0. The molecule has 1 aromatic carbocycles. The van der Waals surface area contributed by atoms with Gasteiger partial charge < -0.3 is 16.0 Å². The number of hydrogen-bond acceptors (Lipinski definition) is 4. The van der Waals surface area contributed by atoms with Gasteiger partial charge in [-0.1, -0.05) is 35.9 Å². The molecule has 0 radical (unpaired) electrons. The highest BCUT2D eigenvalue weighted by Crippen LogP contribution is 2.21. The molecule has 2 heterocycles. The molecule has 0 bridgehead atoms. The molecule has 1 atom stereocenters. The van der Waals surface area contributed by atoms with Crippen molar-refractivity contribution in [2.24, 2.45) is 11.7 Å².